The van der Waals surface area contributed by atoms with E-state index in [2.05, 4.69) is 140 Å². The molecule has 6 heteroatoms. The van der Waals surface area contributed by atoms with E-state index in [1.54, 1.807) is 0 Å². The summed E-state index contributed by atoms with van der Waals surface area (Å²) in [6.45, 7) is 12.8. The van der Waals surface area contributed by atoms with Gasteiger partial charge in [-0.15, -0.1) is 0 Å². The molecule has 4 heterocycles. The molecule has 1 atom stereocenters. The normalized spacial score (nSPS) is 19.9. The van der Waals surface area contributed by atoms with E-state index in [-0.39, 0.29) is 23.8 Å². The molecular weight excluding hydrogens is 617 g/mol. The summed E-state index contributed by atoms with van der Waals surface area (Å²) in [7, 11) is 0. The molecule has 0 unspecified atom stereocenters. The molecule has 1 aromatic heterocycles. The fourth-order valence-corrected chi connectivity index (χ4v) is 9.03. The third-order valence-electron chi connectivity index (χ3n) is 11.8. The van der Waals surface area contributed by atoms with E-state index in [1.807, 2.05) is 0 Å². The van der Waals surface area contributed by atoms with Gasteiger partial charge < -0.3 is 15.2 Å². The van der Waals surface area contributed by atoms with Crippen LogP contribution >= 0.6 is 0 Å². The van der Waals surface area contributed by atoms with Gasteiger partial charge in [0.25, 0.3) is 0 Å². The third-order valence-corrected chi connectivity index (χ3v) is 11.8. The van der Waals surface area contributed by atoms with Crippen LogP contribution in [0.15, 0.2) is 85.1 Å². The largest absolute Gasteiger partial charge is 0.361 e. The molecule has 6 nitrogen and oxygen atoms in total. The zero-order chi connectivity index (χ0) is 35.0. The molecule has 3 saturated heterocycles. The van der Waals surface area contributed by atoms with Crippen molar-refractivity contribution < 1.29 is 9.59 Å². The van der Waals surface area contributed by atoms with Crippen molar-refractivity contribution in [1.82, 2.24) is 20.1 Å². The van der Waals surface area contributed by atoms with Crippen molar-refractivity contribution in [1.29, 1.82) is 0 Å². The number of hydrogen-bond donors (Lipinski definition) is 2. The maximum Gasteiger partial charge on any atom is 0.228 e. The number of fused-ring (bicyclic) bond motifs is 2. The average molecular weight is 671 g/mol. The second-order valence-corrected chi connectivity index (χ2v) is 16.1. The highest BCUT2D eigenvalue weighted by Crippen LogP contribution is 2.42. The number of aromatic amines is 1. The Morgan fingerprint density at radius 1 is 0.860 bits per heavy atom. The lowest BCUT2D eigenvalue weighted by Crippen LogP contribution is -2.55. The Labute approximate surface area is 298 Å². The highest BCUT2D eigenvalue weighted by atomic mass is 16.2. The first-order valence-corrected chi connectivity index (χ1v) is 18.8. The van der Waals surface area contributed by atoms with E-state index >= 15 is 0 Å². The topological polar surface area (TPSA) is 68.4 Å². The van der Waals surface area contributed by atoms with Gasteiger partial charge in [0.1, 0.15) is 0 Å². The van der Waals surface area contributed by atoms with Gasteiger partial charge in [-0.2, -0.15) is 0 Å². The van der Waals surface area contributed by atoms with Gasteiger partial charge in [-0.3, -0.25) is 14.5 Å². The van der Waals surface area contributed by atoms with Crippen molar-refractivity contribution in [2.45, 2.75) is 97.2 Å². The van der Waals surface area contributed by atoms with Gasteiger partial charge in [0, 0.05) is 54.9 Å². The van der Waals surface area contributed by atoms with Gasteiger partial charge >= 0.3 is 0 Å². The van der Waals surface area contributed by atoms with Crippen LogP contribution in [0, 0.1) is 25.2 Å². The lowest BCUT2D eigenvalue weighted by atomic mass is 9.83. The average Bonchev–Trinajstić information content (AvgIpc) is 3.82. The summed E-state index contributed by atoms with van der Waals surface area (Å²) in [5.74, 6) is 0.520. The number of rotatable bonds is 12. The van der Waals surface area contributed by atoms with Gasteiger partial charge in [0.05, 0.1) is 12.0 Å². The highest BCUT2D eigenvalue weighted by Gasteiger charge is 2.46. The van der Waals surface area contributed by atoms with E-state index in [9.17, 15) is 9.59 Å². The Kier molecular flexibility index (Phi) is 9.76. The smallest absolute Gasteiger partial charge is 0.228 e. The quantitative estimate of drug-likeness (QED) is 0.159. The Hall–Kier alpha value is -4.16. The summed E-state index contributed by atoms with van der Waals surface area (Å²) in [5.41, 5.74) is 9.34. The molecule has 2 amide bonds. The van der Waals surface area contributed by atoms with Crippen LogP contribution in [0.3, 0.4) is 0 Å². The van der Waals surface area contributed by atoms with Crippen LogP contribution < -0.4 is 5.32 Å². The van der Waals surface area contributed by atoms with Crippen LogP contribution in [0.1, 0.15) is 98.2 Å². The number of carbonyl (C=O) groups excluding carboxylic acids is 2. The predicted molar refractivity (Wildman–Crippen MR) is 202 cm³/mol. The van der Waals surface area contributed by atoms with Crippen molar-refractivity contribution in [3.63, 3.8) is 0 Å². The van der Waals surface area contributed by atoms with Gasteiger partial charge in [-0.25, -0.2) is 0 Å². The molecule has 0 saturated carbocycles. The molecule has 3 fully saturated rings. The molecule has 50 heavy (non-hydrogen) atoms. The van der Waals surface area contributed by atoms with Crippen LogP contribution in [-0.2, 0) is 16.0 Å². The number of H-pyrrole nitrogens is 1. The molecule has 2 N–H and O–H groups in total. The maximum atomic E-state index is 13.8. The minimum Gasteiger partial charge on any atom is -0.361 e. The fraction of sp³-hybridized carbons (Fsp3) is 0.455. The van der Waals surface area contributed by atoms with E-state index in [0.29, 0.717) is 24.5 Å². The van der Waals surface area contributed by atoms with Gasteiger partial charge in [-0.1, -0.05) is 98.6 Å². The number of hydrogen-bond acceptors (Lipinski definition) is 3. The second-order valence-electron chi connectivity index (χ2n) is 16.1. The van der Waals surface area contributed by atoms with Gasteiger partial charge in [0.2, 0.25) is 11.8 Å². The Morgan fingerprint density at radius 3 is 1.98 bits per heavy atom. The summed E-state index contributed by atoms with van der Waals surface area (Å²) in [5, 5.41) is 3.34. The Morgan fingerprint density at radius 2 is 1.42 bits per heavy atom. The number of aromatic nitrogens is 1. The number of nitrogens with zero attached hydrogens (tertiary/aromatic N) is 2. The van der Waals surface area contributed by atoms with E-state index in [4.69, 9.17) is 0 Å². The fourth-order valence-electron chi connectivity index (χ4n) is 9.03. The molecular formula is C44H54N4O2. The summed E-state index contributed by atoms with van der Waals surface area (Å²) < 4.78 is 0. The molecule has 262 valence electrons. The summed E-state index contributed by atoms with van der Waals surface area (Å²) in [6.07, 6.45) is 8.41. The van der Waals surface area contributed by atoms with Crippen molar-refractivity contribution in [2.75, 3.05) is 19.6 Å². The first-order chi connectivity index (χ1) is 24.1. The van der Waals surface area contributed by atoms with Gasteiger partial charge in [-0.05, 0) is 92.3 Å². The SMILES string of the molecule is Cc1cc(C)cc(-c2[nH]cc(CCC(C)(C)C(=O)N3C4CCC3CC4)c2[C@H](C)CNC(=O)C2CN(C(c3ccccc3)c3ccccc3)C2)c1. The van der Waals surface area contributed by atoms with Crippen molar-refractivity contribution in [3.8, 4) is 11.3 Å². The lowest BCUT2D eigenvalue weighted by molar-refractivity contribution is -0.142. The molecule has 3 aliphatic heterocycles. The molecule has 2 bridgehead atoms. The second kappa shape index (κ2) is 14.2. The Balaban J connectivity index is 1.04. The van der Waals surface area contributed by atoms with Crippen LogP contribution in [0.5, 0.6) is 0 Å². The number of likely N-dealkylation sites (tertiary alicyclic amines) is 1. The van der Waals surface area contributed by atoms with E-state index < -0.39 is 5.41 Å². The first-order valence-electron chi connectivity index (χ1n) is 18.8. The van der Waals surface area contributed by atoms with E-state index in [1.165, 1.54) is 38.9 Å². The molecule has 4 aromatic rings. The maximum absolute atomic E-state index is 13.8. The number of nitrogens with one attached hydrogen (secondary N) is 2. The van der Waals surface area contributed by atoms with E-state index in [0.717, 1.165) is 57.3 Å². The standard InChI is InChI=1S/C44H54N4O2/c1-29-22-30(2)24-35(23-29)40-39(34(26-45-40)20-21-44(4,5)43(50)48-37-16-17-38(48)19-18-37)31(3)25-46-42(49)36-27-47(28-36)41(32-12-8-6-9-13-32)33-14-10-7-11-15-33/h6-15,22-24,26,31,36-38,41,45H,16-21,25,27-28H2,1-5H3,(H,46,49)/t31-,37?,38?/m1/s1. The number of aryl methyl sites for hydroxylation is 3. The zero-order valence-corrected chi connectivity index (χ0v) is 30.5. The third kappa shape index (κ3) is 6.92. The number of amides is 2. The molecule has 3 aliphatic rings. The molecule has 0 aliphatic carbocycles. The molecule has 0 radical (unpaired) electrons. The summed E-state index contributed by atoms with van der Waals surface area (Å²) in [4.78, 5) is 35.7. The number of carbonyl (C=O) groups is 2. The zero-order valence-electron chi connectivity index (χ0n) is 30.5. The minimum atomic E-state index is -0.426. The van der Waals surface area contributed by atoms with Crippen molar-refractivity contribution in [2.24, 2.45) is 11.3 Å². The van der Waals surface area contributed by atoms with Crippen LogP contribution in [0.4, 0.5) is 0 Å². The lowest BCUT2D eigenvalue weighted by Gasteiger charge is -2.44. The highest BCUT2D eigenvalue weighted by molar-refractivity contribution is 5.83. The summed E-state index contributed by atoms with van der Waals surface area (Å²) in [6, 6.07) is 28.9. The van der Waals surface area contributed by atoms with Crippen molar-refractivity contribution >= 4 is 11.8 Å². The predicted octanol–water partition coefficient (Wildman–Crippen LogP) is 8.35. The summed E-state index contributed by atoms with van der Waals surface area (Å²) >= 11 is 0. The molecule has 7 rings (SSSR count). The first kappa shape index (κ1) is 34.3. The van der Waals surface area contributed by atoms with Gasteiger partial charge in [0.15, 0.2) is 0 Å². The van der Waals surface area contributed by atoms with Crippen LogP contribution in [-0.4, -0.2) is 58.3 Å². The van der Waals surface area contributed by atoms with Crippen molar-refractivity contribution in [3.05, 3.63) is 118 Å². The minimum absolute atomic E-state index is 0.0330. The molecule has 3 aromatic carbocycles. The monoisotopic (exact) mass is 670 g/mol. The Bertz CT molecular complexity index is 1730. The number of benzene rings is 3. The van der Waals surface area contributed by atoms with Crippen LogP contribution in [0.2, 0.25) is 0 Å². The van der Waals surface area contributed by atoms with Crippen LogP contribution in [0.25, 0.3) is 11.3 Å². The molecule has 0 spiro atoms.